The second kappa shape index (κ2) is 5.78. The molecular formula is C15H10F3NO2. The Labute approximate surface area is 118 Å². The van der Waals surface area contributed by atoms with Gasteiger partial charge in [-0.25, -0.2) is 13.2 Å². The van der Waals surface area contributed by atoms with E-state index in [0.717, 1.165) is 25.1 Å². The van der Waals surface area contributed by atoms with Crippen molar-refractivity contribution in [3.05, 3.63) is 65.0 Å². The van der Waals surface area contributed by atoms with E-state index in [4.69, 9.17) is 0 Å². The third-order valence-corrected chi connectivity index (χ3v) is 2.81. The smallest absolute Gasteiger partial charge is 0.258 e. The summed E-state index contributed by atoms with van der Waals surface area (Å²) in [6.07, 6.45) is 0. The van der Waals surface area contributed by atoms with Crippen molar-refractivity contribution in [3.63, 3.8) is 0 Å². The standard InChI is InChI=1S/C15H10F3NO2/c1-8(20)13-10(16)5-3-7-12(13)19-15(21)9-4-2-6-11(17)14(9)18/h2-7H,1H3,(H,19,21). The molecule has 0 saturated carbocycles. The molecule has 2 aromatic carbocycles. The van der Waals surface area contributed by atoms with E-state index in [-0.39, 0.29) is 11.3 Å². The molecule has 0 aliphatic carbocycles. The predicted octanol–water partition coefficient (Wildman–Crippen LogP) is 3.56. The van der Waals surface area contributed by atoms with Crippen molar-refractivity contribution in [1.82, 2.24) is 0 Å². The minimum atomic E-state index is -1.31. The lowest BCUT2D eigenvalue weighted by atomic mass is 10.1. The Morgan fingerprint density at radius 3 is 2.24 bits per heavy atom. The number of amides is 1. The largest absolute Gasteiger partial charge is 0.321 e. The molecule has 2 rings (SSSR count). The summed E-state index contributed by atoms with van der Waals surface area (Å²) in [5, 5.41) is 2.21. The highest BCUT2D eigenvalue weighted by Crippen LogP contribution is 2.21. The Balaban J connectivity index is 2.39. The first kappa shape index (κ1) is 14.8. The van der Waals surface area contributed by atoms with Crippen LogP contribution in [0.3, 0.4) is 0 Å². The lowest BCUT2D eigenvalue weighted by Crippen LogP contribution is -2.17. The van der Waals surface area contributed by atoms with Crippen molar-refractivity contribution in [1.29, 1.82) is 0 Å². The average molecular weight is 293 g/mol. The molecule has 6 heteroatoms. The van der Waals surface area contributed by atoms with Gasteiger partial charge in [0.15, 0.2) is 17.4 Å². The summed E-state index contributed by atoms with van der Waals surface area (Å²) < 4.78 is 40.2. The van der Waals surface area contributed by atoms with Gasteiger partial charge in [0.2, 0.25) is 0 Å². The maximum absolute atomic E-state index is 13.6. The van der Waals surface area contributed by atoms with Gasteiger partial charge in [0.1, 0.15) is 5.82 Å². The van der Waals surface area contributed by atoms with Crippen molar-refractivity contribution < 1.29 is 22.8 Å². The SMILES string of the molecule is CC(=O)c1c(F)cccc1NC(=O)c1cccc(F)c1F. The molecule has 0 aliphatic rings. The van der Waals surface area contributed by atoms with Crippen LogP contribution in [0.4, 0.5) is 18.9 Å². The molecular weight excluding hydrogens is 283 g/mol. The van der Waals surface area contributed by atoms with E-state index in [0.29, 0.717) is 0 Å². The number of Topliss-reactive ketones (excluding diaryl/α,β-unsaturated/α-hetero) is 1. The number of hydrogen-bond donors (Lipinski definition) is 1. The van der Waals surface area contributed by atoms with Gasteiger partial charge in [-0.1, -0.05) is 12.1 Å². The zero-order chi connectivity index (χ0) is 15.6. The van der Waals surface area contributed by atoms with Crippen LogP contribution in [-0.2, 0) is 0 Å². The first-order chi connectivity index (χ1) is 9.91. The molecule has 0 radical (unpaired) electrons. The number of carbonyl (C=O) groups is 2. The van der Waals surface area contributed by atoms with Gasteiger partial charge in [0.05, 0.1) is 16.8 Å². The summed E-state index contributed by atoms with van der Waals surface area (Å²) in [4.78, 5) is 23.3. The monoisotopic (exact) mass is 293 g/mol. The molecule has 0 aromatic heterocycles. The summed E-state index contributed by atoms with van der Waals surface area (Å²) in [6, 6.07) is 6.78. The molecule has 0 fully saturated rings. The minimum absolute atomic E-state index is 0.101. The van der Waals surface area contributed by atoms with Crippen LogP contribution < -0.4 is 5.32 Å². The van der Waals surface area contributed by atoms with Crippen molar-refractivity contribution in [3.8, 4) is 0 Å². The Bertz CT molecular complexity index is 729. The van der Waals surface area contributed by atoms with Gasteiger partial charge in [0, 0.05) is 0 Å². The van der Waals surface area contributed by atoms with Crippen LogP contribution in [0.1, 0.15) is 27.6 Å². The molecule has 0 atom stereocenters. The fourth-order valence-electron chi connectivity index (χ4n) is 1.85. The van der Waals surface area contributed by atoms with E-state index >= 15 is 0 Å². The molecule has 0 aliphatic heterocycles. The zero-order valence-electron chi connectivity index (χ0n) is 10.9. The zero-order valence-corrected chi connectivity index (χ0v) is 10.9. The topological polar surface area (TPSA) is 46.2 Å². The average Bonchev–Trinajstić information content (AvgIpc) is 2.41. The maximum Gasteiger partial charge on any atom is 0.258 e. The van der Waals surface area contributed by atoms with Crippen molar-refractivity contribution in [2.45, 2.75) is 6.92 Å². The lowest BCUT2D eigenvalue weighted by molar-refractivity contribution is 0.101. The fourth-order valence-corrected chi connectivity index (χ4v) is 1.85. The van der Waals surface area contributed by atoms with Crippen molar-refractivity contribution in [2.75, 3.05) is 5.32 Å². The maximum atomic E-state index is 13.6. The first-order valence-corrected chi connectivity index (χ1v) is 5.96. The van der Waals surface area contributed by atoms with E-state index < -0.39 is 34.7 Å². The second-order valence-electron chi connectivity index (χ2n) is 4.27. The van der Waals surface area contributed by atoms with E-state index in [1.807, 2.05) is 0 Å². The second-order valence-corrected chi connectivity index (χ2v) is 4.27. The molecule has 0 heterocycles. The Morgan fingerprint density at radius 2 is 1.57 bits per heavy atom. The number of anilines is 1. The van der Waals surface area contributed by atoms with Crippen LogP contribution in [0.2, 0.25) is 0 Å². The molecule has 0 spiro atoms. The number of nitrogens with one attached hydrogen (secondary N) is 1. The van der Waals surface area contributed by atoms with E-state index in [1.54, 1.807) is 0 Å². The normalized spacial score (nSPS) is 10.3. The molecule has 3 nitrogen and oxygen atoms in total. The molecule has 1 amide bonds. The minimum Gasteiger partial charge on any atom is -0.321 e. The van der Waals surface area contributed by atoms with Gasteiger partial charge in [-0.2, -0.15) is 0 Å². The molecule has 0 bridgehead atoms. The van der Waals surface area contributed by atoms with E-state index in [9.17, 15) is 22.8 Å². The number of carbonyl (C=O) groups excluding carboxylic acids is 2. The number of benzene rings is 2. The van der Waals surface area contributed by atoms with Crippen LogP contribution in [0, 0.1) is 17.5 Å². The van der Waals surface area contributed by atoms with Crippen LogP contribution >= 0.6 is 0 Å². The van der Waals surface area contributed by atoms with Gasteiger partial charge in [-0.15, -0.1) is 0 Å². The highest BCUT2D eigenvalue weighted by molar-refractivity contribution is 6.09. The van der Waals surface area contributed by atoms with E-state index in [1.165, 1.54) is 18.2 Å². The van der Waals surface area contributed by atoms with Gasteiger partial charge >= 0.3 is 0 Å². The molecule has 108 valence electrons. The Kier molecular flexibility index (Phi) is 4.07. The molecule has 2 aromatic rings. The summed E-state index contributed by atoms with van der Waals surface area (Å²) in [6.45, 7) is 1.14. The molecule has 21 heavy (non-hydrogen) atoms. The van der Waals surface area contributed by atoms with Crippen LogP contribution in [-0.4, -0.2) is 11.7 Å². The van der Waals surface area contributed by atoms with Crippen molar-refractivity contribution in [2.24, 2.45) is 0 Å². The predicted molar refractivity (Wildman–Crippen MR) is 70.7 cm³/mol. The van der Waals surface area contributed by atoms with Crippen molar-refractivity contribution >= 4 is 17.4 Å². The summed E-state index contributed by atoms with van der Waals surface area (Å²) >= 11 is 0. The highest BCUT2D eigenvalue weighted by atomic mass is 19.2. The Morgan fingerprint density at radius 1 is 0.952 bits per heavy atom. The lowest BCUT2D eigenvalue weighted by Gasteiger charge is -2.10. The fraction of sp³-hybridized carbons (Fsp3) is 0.0667. The van der Waals surface area contributed by atoms with Crippen LogP contribution in [0.25, 0.3) is 0 Å². The quantitative estimate of drug-likeness (QED) is 0.879. The van der Waals surface area contributed by atoms with Gasteiger partial charge < -0.3 is 5.32 Å². The van der Waals surface area contributed by atoms with Crippen LogP contribution in [0.15, 0.2) is 36.4 Å². The highest BCUT2D eigenvalue weighted by Gasteiger charge is 2.19. The summed E-state index contributed by atoms with van der Waals surface area (Å²) in [7, 11) is 0. The van der Waals surface area contributed by atoms with Gasteiger partial charge in [0.25, 0.3) is 5.91 Å². The first-order valence-electron chi connectivity index (χ1n) is 5.96. The molecule has 1 N–H and O–H groups in total. The summed E-state index contributed by atoms with van der Waals surface area (Å²) in [5.41, 5.74) is -0.951. The number of hydrogen-bond acceptors (Lipinski definition) is 2. The van der Waals surface area contributed by atoms with Gasteiger partial charge in [-0.3, -0.25) is 9.59 Å². The number of rotatable bonds is 3. The Hall–Kier alpha value is -2.63. The molecule has 0 saturated heterocycles. The van der Waals surface area contributed by atoms with Crippen LogP contribution in [0.5, 0.6) is 0 Å². The third kappa shape index (κ3) is 2.94. The van der Waals surface area contributed by atoms with Gasteiger partial charge in [-0.05, 0) is 31.2 Å². The third-order valence-electron chi connectivity index (χ3n) is 2.81. The van der Waals surface area contributed by atoms with E-state index in [2.05, 4.69) is 5.32 Å². The molecule has 0 unspecified atom stereocenters. The number of halogens is 3. The number of ketones is 1. The summed E-state index contributed by atoms with van der Waals surface area (Å²) in [5.74, 6) is -4.85.